The number of fused-ring (bicyclic) bond motifs is 2. The van der Waals surface area contributed by atoms with E-state index in [4.69, 9.17) is 4.43 Å². The van der Waals surface area contributed by atoms with Gasteiger partial charge in [0.05, 0.1) is 22.6 Å². The van der Waals surface area contributed by atoms with Crippen LogP contribution in [-0.2, 0) is 0 Å². The summed E-state index contributed by atoms with van der Waals surface area (Å²) in [7, 11) is -2.13. The molecule has 2 aromatic carbocycles. The zero-order valence-electron chi connectivity index (χ0n) is 22.7. The van der Waals surface area contributed by atoms with Crippen LogP contribution in [0.1, 0.15) is 76.9 Å². The van der Waals surface area contributed by atoms with Crippen molar-refractivity contribution in [3.8, 4) is 5.75 Å². The number of amides is 1. The molecule has 3 rings (SSSR count). The molecule has 34 heavy (non-hydrogen) atoms. The van der Waals surface area contributed by atoms with Crippen LogP contribution in [0.3, 0.4) is 0 Å². The lowest BCUT2D eigenvalue weighted by atomic mass is 10.1. The van der Waals surface area contributed by atoms with Crippen molar-refractivity contribution in [1.29, 1.82) is 0 Å². The first-order valence-corrected chi connectivity index (χ1v) is 14.7. The first kappa shape index (κ1) is 26.1. The summed E-state index contributed by atoms with van der Waals surface area (Å²) in [6.07, 6.45) is 2.11. The maximum Gasteiger partial charge on any atom is 0.260 e. The van der Waals surface area contributed by atoms with Crippen molar-refractivity contribution < 1.29 is 9.22 Å². The Balaban J connectivity index is 2.22. The maximum atomic E-state index is 13.8. The number of para-hydroxylation sites is 1. The Labute approximate surface area is 207 Å². The predicted octanol–water partition coefficient (Wildman–Crippen LogP) is 8.53. The van der Waals surface area contributed by atoms with E-state index in [1.807, 2.05) is 30.0 Å². The van der Waals surface area contributed by atoms with Crippen molar-refractivity contribution in [1.82, 2.24) is 0 Å². The van der Waals surface area contributed by atoms with Crippen LogP contribution in [0.25, 0.3) is 0 Å². The van der Waals surface area contributed by atoms with E-state index >= 15 is 0 Å². The van der Waals surface area contributed by atoms with Gasteiger partial charge in [-0.05, 0) is 67.6 Å². The van der Waals surface area contributed by atoms with Crippen LogP contribution in [0.2, 0.25) is 16.6 Å². The van der Waals surface area contributed by atoms with Gasteiger partial charge in [0.25, 0.3) is 14.2 Å². The molecule has 0 aromatic heterocycles. The lowest BCUT2D eigenvalue weighted by Crippen LogP contribution is -2.50. The normalized spacial score (nSPS) is 13.6. The molecule has 1 aliphatic heterocycles. The van der Waals surface area contributed by atoms with Crippen molar-refractivity contribution in [2.24, 2.45) is 0 Å². The molecule has 1 aliphatic rings. The summed E-state index contributed by atoms with van der Waals surface area (Å²) in [5.41, 5.74) is 8.19. The van der Waals surface area contributed by atoms with Crippen LogP contribution < -0.4 is 14.6 Å². The molecule has 0 unspecified atom stereocenters. The zero-order chi connectivity index (χ0) is 25.4. The van der Waals surface area contributed by atoms with Crippen LogP contribution in [-0.4, -0.2) is 20.8 Å². The highest BCUT2D eigenvalue weighted by Crippen LogP contribution is 2.46. The van der Waals surface area contributed by atoms with Gasteiger partial charge >= 0.3 is 0 Å². The molecule has 0 radical (unpaired) electrons. The SMILES string of the molecule is CC(C)=CCN1C(=O)c2cccc(C)c2Nc2c(C)cc(O[Si](C(C)C)(C(C)C)C(C)C)cc21. The molecule has 0 saturated carbocycles. The Kier molecular flexibility index (Phi) is 7.66. The van der Waals surface area contributed by atoms with Crippen molar-refractivity contribution in [2.45, 2.75) is 85.9 Å². The van der Waals surface area contributed by atoms with Crippen molar-refractivity contribution >= 4 is 31.3 Å². The molecule has 0 spiro atoms. The van der Waals surface area contributed by atoms with E-state index in [-0.39, 0.29) is 5.91 Å². The number of aryl methyl sites for hydroxylation is 2. The number of anilines is 3. The van der Waals surface area contributed by atoms with E-state index < -0.39 is 8.32 Å². The smallest absolute Gasteiger partial charge is 0.260 e. The fraction of sp³-hybridized carbons (Fsp3) is 0.483. The Morgan fingerprint density at radius 1 is 0.971 bits per heavy atom. The quantitative estimate of drug-likeness (QED) is 0.320. The van der Waals surface area contributed by atoms with Crippen molar-refractivity contribution in [2.75, 3.05) is 16.8 Å². The number of allylic oxidation sites excluding steroid dienone is 1. The number of hydrogen-bond acceptors (Lipinski definition) is 3. The maximum absolute atomic E-state index is 13.8. The molecule has 2 aromatic rings. The van der Waals surface area contributed by atoms with Gasteiger partial charge in [-0.3, -0.25) is 4.79 Å². The Bertz CT molecular complexity index is 1080. The number of nitrogens with one attached hydrogen (secondary N) is 1. The van der Waals surface area contributed by atoms with Gasteiger partial charge in [0, 0.05) is 12.6 Å². The predicted molar refractivity (Wildman–Crippen MR) is 148 cm³/mol. The van der Waals surface area contributed by atoms with Gasteiger partial charge in [-0.1, -0.05) is 65.3 Å². The number of rotatable bonds is 7. The molecule has 5 heteroatoms. The van der Waals surface area contributed by atoms with Gasteiger partial charge in [-0.15, -0.1) is 0 Å². The highest BCUT2D eigenvalue weighted by atomic mass is 28.4. The van der Waals surface area contributed by atoms with Crippen LogP contribution in [0, 0.1) is 13.8 Å². The Morgan fingerprint density at radius 2 is 1.59 bits per heavy atom. The van der Waals surface area contributed by atoms with E-state index in [1.54, 1.807) is 0 Å². The summed E-state index contributed by atoms with van der Waals surface area (Å²) in [4.78, 5) is 15.7. The minimum atomic E-state index is -2.13. The molecule has 1 heterocycles. The molecule has 0 bridgehead atoms. The average molecular weight is 479 g/mol. The van der Waals surface area contributed by atoms with Crippen LogP contribution in [0.15, 0.2) is 42.0 Å². The van der Waals surface area contributed by atoms with Gasteiger partial charge in [0.2, 0.25) is 0 Å². The molecule has 4 nitrogen and oxygen atoms in total. The summed E-state index contributed by atoms with van der Waals surface area (Å²) in [6.45, 7) is 22.6. The summed E-state index contributed by atoms with van der Waals surface area (Å²) in [6, 6.07) is 10.2. The van der Waals surface area contributed by atoms with Gasteiger partial charge in [-0.2, -0.15) is 0 Å². The fourth-order valence-electron chi connectivity index (χ4n) is 5.58. The van der Waals surface area contributed by atoms with E-state index in [9.17, 15) is 4.79 Å². The molecule has 0 aliphatic carbocycles. The monoisotopic (exact) mass is 478 g/mol. The summed E-state index contributed by atoms with van der Waals surface area (Å²) in [5, 5.41) is 3.62. The molecule has 0 fully saturated rings. The molecule has 1 N–H and O–H groups in total. The minimum Gasteiger partial charge on any atom is -0.543 e. The molecule has 0 saturated heterocycles. The van der Waals surface area contributed by atoms with Gasteiger partial charge in [0.15, 0.2) is 0 Å². The largest absolute Gasteiger partial charge is 0.543 e. The van der Waals surface area contributed by atoms with E-state index in [1.165, 1.54) is 5.57 Å². The third-order valence-electron chi connectivity index (χ3n) is 7.26. The highest BCUT2D eigenvalue weighted by Gasteiger charge is 2.47. The first-order valence-electron chi connectivity index (χ1n) is 12.6. The number of carbonyl (C=O) groups is 1. The third-order valence-corrected chi connectivity index (χ3v) is 13.3. The first-order chi connectivity index (χ1) is 15.9. The van der Waals surface area contributed by atoms with Crippen molar-refractivity contribution in [3.05, 3.63) is 58.7 Å². The fourth-order valence-corrected chi connectivity index (χ4v) is 10.8. The average Bonchev–Trinajstić information content (AvgIpc) is 2.85. The topological polar surface area (TPSA) is 41.6 Å². The number of hydrogen-bond donors (Lipinski definition) is 1. The summed E-state index contributed by atoms with van der Waals surface area (Å²) in [5.74, 6) is 0.887. The van der Waals surface area contributed by atoms with Crippen LogP contribution in [0.4, 0.5) is 17.1 Å². The molecule has 1 amide bonds. The number of nitrogens with zero attached hydrogens (tertiary/aromatic N) is 1. The second-order valence-electron chi connectivity index (χ2n) is 10.9. The van der Waals surface area contributed by atoms with E-state index in [0.717, 1.165) is 33.9 Å². The minimum absolute atomic E-state index is 0.0130. The van der Waals surface area contributed by atoms with Gasteiger partial charge < -0.3 is 14.6 Å². The molecular weight excluding hydrogens is 436 g/mol. The number of benzene rings is 2. The Morgan fingerprint density at radius 3 is 2.15 bits per heavy atom. The van der Waals surface area contributed by atoms with Gasteiger partial charge in [0.1, 0.15) is 5.75 Å². The number of carbonyl (C=O) groups excluding carboxylic acids is 1. The third kappa shape index (κ3) is 4.68. The van der Waals surface area contributed by atoms with Crippen LogP contribution >= 0.6 is 0 Å². The standard InChI is InChI=1S/C29H42N2O2Si/c1-18(2)14-15-31-26-17-24(33-34(19(3)4,20(5)6)21(7)8)16-23(10)28(26)30-27-22(9)12-11-13-25(27)29(31)32/h11-14,16-17,19-21,30H,15H2,1-10H3. The summed E-state index contributed by atoms with van der Waals surface area (Å²) >= 11 is 0. The second-order valence-corrected chi connectivity index (χ2v) is 16.2. The lowest BCUT2D eigenvalue weighted by molar-refractivity contribution is 0.0991. The molecular formula is C29H42N2O2Si. The molecule has 184 valence electrons. The van der Waals surface area contributed by atoms with E-state index in [2.05, 4.69) is 85.8 Å². The van der Waals surface area contributed by atoms with Crippen molar-refractivity contribution in [3.63, 3.8) is 0 Å². The summed E-state index contributed by atoms with van der Waals surface area (Å²) < 4.78 is 7.04. The second kappa shape index (κ2) is 9.99. The lowest BCUT2D eigenvalue weighted by Gasteiger charge is -2.42. The highest BCUT2D eigenvalue weighted by molar-refractivity contribution is 6.78. The Hall–Kier alpha value is -2.53. The molecule has 0 atom stereocenters. The van der Waals surface area contributed by atoms with Gasteiger partial charge in [-0.25, -0.2) is 0 Å². The zero-order valence-corrected chi connectivity index (χ0v) is 23.7. The van der Waals surface area contributed by atoms with E-state index in [0.29, 0.717) is 28.7 Å². The van der Waals surface area contributed by atoms with Crippen LogP contribution in [0.5, 0.6) is 5.75 Å².